The summed E-state index contributed by atoms with van der Waals surface area (Å²) in [5, 5.41) is 11.0. The van der Waals surface area contributed by atoms with E-state index in [-0.39, 0.29) is 16.9 Å². The molecule has 0 saturated heterocycles. The van der Waals surface area contributed by atoms with E-state index in [4.69, 9.17) is 4.74 Å². The third-order valence-electron chi connectivity index (χ3n) is 5.13. The van der Waals surface area contributed by atoms with Gasteiger partial charge in [-0.3, -0.25) is 0 Å². The van der Waals surface area contributed by atoms with Crippen LogP contribution in [0.25, 0.3) is 11.1 Å². The molecule has 4 rings (SSSR count). The highest BCUT2D eigenvalue weighted by Crippen LogP contribution is 2.48. The highest BCUT2D eigenvalue weighted by Gasteiger charge is 2.49. The molecule has 3 nitrogen and oxygen atoms in total. The molecule has 2 aromatic carbocycles. The lowest BCUT2D eigenvalue weighted by molar-refractivity contribution is -1.14. The molecule has 1 heterocycles. The zero-order valence-electron chi connectivity index (χ0n) is 12.4. The van der Waals surface area contributed by atoms with E-state index in [9.17, 15) is 5.21 Å². The van der Waals surface area contributed by atoms with Crippen molar-refractivity contribution in [2.45, 2.75) is 25.1 Å². The van der Waals surface area contributed by atoms with Crippen molar-refractivity contribution in [3.05, 3.63) is 59.2 Å². The van der Waals surface area contributed by atoms with Gasteiger partial charge in [-0.05, 0) is 22.3 Å². The molecule has 2 aromatic rings. The van der Waals surface area contributed by atoms with Crippen LogP contribution in [-0.4, -0.2) is 30.2 Å². The van der Waals surface area contributed by atoms with Gasteiger partial charge in [0.05, 0.1) is 6.42 Å². The topological polar surface area (TPSA) is 29.5 Å². The van der Waals surface area contributed by atoms with Gasteiger partial charge in [0.1, 0.15) is 7.05 Å². The fraction of sp³-hybridized carbons (Fsp3) is 0.333. The van der Waals surface area contributed by atoms with Crippen molar-refractivity contribution in [2.75, 3.05) is 14.2 Å². The summed E-state index contributed by atoms with van der Waals surface area (Å²) in [4.78, 5) is 0. The predicted molar refractivity (Wildman–Crippen MR) is 80.8 cm³/mol. The van der Waals surface area contributed by atoms with E-state index in [0.29, 0.717) is 0 Å². The molecule has 0 aromatic heterocycles. The third kappa shape index (κ3) is 1.72. The van der Waals surface area contributed by atoms with Crippen molar-refractivity contribution in [2.24, 2.45) is 0 Å². The number of ether oxygens (including phenoxy) is 1. The lowest BCUT2D eigenvalue weighted by atomic mass is 9.76. The van der Waals surface area contributed by atoms with Gasteiger partial charge in [-0.1, -0.05) is 42.5 Å². The number of hydrogen-bond acceptors (Lipinski definition) is 2. The van der Waals surface area contributed by atoms with Gasteiger partial charge in [-0.25, -0.2) is 5.21 Å². The largest absolute Gasteiger partial charge is 0.330 e. The molecule has 3 heteroatoms. The second-order valence-electron chi connectivity index (χ2n) is 6.25. The number of benzene rings is 2. The Morgan fingerprint density at radius 2 is 1.71 bits per heavy atom. The minimum absolute atomic E-state index is 0.0461. The second kappa shape index (κ2) is 4.41. The summed E-state index contributed by atoms with van der Waals surface area (Å²) < 4.78 is 5.48. The average Bonchev–Trinajstić information content (AvgIpc) is 2.50. The molecular weight excluding hydrogens is 262 g/mol. The Kier molecular flexibility index (Phi) is 2.73. The van der Waals surface area contributed by atoms with Crippen LogP contribution >= 0.6 is 0 Å². The molecule has 0 amide bonds. The van der Waals surface area contributed by atoms with Crippen molar-refractivity contribution in [1.82, 2.24) is 0 Å². The van der Waals surface area contributed by atoms with E-state index in [1.165, 1.54) is 27.8 Å². The maximum Gasteiger partial charge on any atom is 0.227 e. The summed E-state index contributed by atoms with van der Waals surface area (Å²) in [6.07, 6.45) is 1.40. The van der Waals surface area contributed by atoms with Crippen molar-refractivity contribution in [3.63, 3.8) is 0 Å². The molecule has 0 saturated carbocycles. The zero-order chi connectivity index (χ0) is 14.6. The number of likely N-dealkylation sites (N-methyl/N-ethyl adjacent to an activating group) is 1. The summed E-state index contributed by atoms with van der Waals surface area (Å²) in [5.41, 5.74) is 6.49. The Hall–Kier alpha value is -1.68. The maximum atomic E-state index is 11.0. The van der Waals surface area contributed by atoms with E-state index in [1.54, 1.807) is 7.11 Å². The Labute approximate surface area is 124 Å². The Morgan fingerprint density at radius 3 is 2.52 bits per heavy atom. The molecule has 21 heavy (non-hydrogen) atoms. The van der Waals surface area contributed by atoms with Crippen LogP contribution in [0, 0.1) is 0 Å². The van der Waals surface area contributed by atoms with E-state index in [1.807, 2.05) is 7.05 Å². The van der Waals surface area contributed by atoms with Crippen molar-refractivity contribution in [3.8, 4) is 11.1 Å². The zero-order valence-corrected chi connectivity index (χ0v) is 12.4. The number of quaternary nitrogens is 1. The molecule has 0 fully saturated rings. The van der Waals surface area contributed by atoms with Crippen molar-refractivity contribution < 1.29 is 14.6 Å². The smallest absolute Gasteiger partial charge is 0.227 e. The first-order valence-corrected chi connectivity index (χ1v) is 7.44. The Bertz CT molecular complexity index is 708. The number of hydroxylamine groups is 3. The average molecular weight is 282 g/mol. The molecule has 108 valence electrons. The predicted octanol–water partition coefficient (Wildman–Crippen LogP) is 3.32. The Balaban J connectivity index is 1.99. The second-order valence-corrected chi connectivity index (χ2v) is 6.25. The van der Waals surface area contributed by atoms with Gasteiger partial charge in [0.2, 0.25) is 6.23 Å². The molecule has 1 aliphatic heterocycles. The number of hydrogen-bond donors (Lipinski definition) is 1. The van der Waals surface area contributed by atoms with Gasteiger partial charge in [-0.2, -0.15) is 4.65 Å². The third-order valence-corrected chi connectivity index (χ3v) is 5.13. The maximum absolute atomic E-state index is 11.0. The number of fused-ring (bicyclic) bond motifs is 2. The summed E-state index contributed by atoms with van der Waals surface area (Å²) in [6, 6.07) is 15.0. The quantitative estimate of drug-likeness (QED) is 0.813. The van der Waals surface area contributed by atoms with Gasteiger partial charge in [0, 0.05) is 19.1 Å². The fourth-order valence-electron chi connectivity index (χ4n) is 4.01. The van der Waals surface area contributed by atoms with Crippen LogP contribution in [0.3, 0.4) is 0 Å². The number of rotatable bonds is 1. The molecule has 3 atom stereocenters. The van der Waals surface area contributed by atoms with Crippen molar-refractivity contribution >= 4 is 0 Å². The normalized spacial score (nSPS) is 29.7. The number of methoxy groups -OCH3 is 1. The summed E-state index contributed by atoms with van der Waals surface area (Å²) in [7, 11) is 3.55. The van der Waals surface area contributed by atoms with Gasteiger partial charge < -0.3 is 4.74 Å². The summed E-state index contributed by atoms with van der Waals surface area (Å²) >= 11 is 0. The number of nitrogens with zero attached hydrogens (tertiary/aromatic N) is 1. The lowest BCUT2D eigenvalue weighted by Crippen LogP contribution is -2.57. The van der Waals surface area contributed by atoms with Gasteiger partial charge in [0.15, 0.2) is 6.04 Å². The lowest BCUT2D eigenvalue weighted by Gasteiger charge is -2.46. The van der Waals surface area contributed by atoms with Crippen LogP contribution in [0.15, 0.2) is 42.5 Å². The molecular formula is C18H20NO2+. The van der Waals surface area contributed by atoms with E-state index in [2.05, 4.69) is 42.5 Å². The molecule has 1 aliphatic carbocycles. The van der Waals surface area contributed by atoms with E-state index < -0.39 is 0 Å². The van der Waals surface area contributed by atoms with Crippen LogP contribution in [0.2, 0.25) is 0 Å². The first-order chi connectivity index (χ1) is 10.1. The van der Waals surface area contributed by atoms with Crippen molar-refractivity contribution in [1.29, 1.82) is 0 Å². The first-order valence-electron chi connectivity index (χ1n) is 7.44. The minimum Gasteiger partial charge on any atom is -0.330 e. The summed E-state index contributed by atoms with van der Waals surface area (Å²) in [5.74, 6) is 0. The van der Waals surface area contributed by atoms with Crippen LogP contribution in [0.1, 0.15) is 22.7 Å². The van der Waals surface area contributed by atoms with Crippen LogP contribution < -0.4 is 0 Å². The molecule has 1 N–H and O–H groups in total. The molecule has 3 unspecified atom stereocenters. The fourth-order valence-corrected chi connectivity index (χ4v) is 4.01. The molecule has 0 bridgehead atoms. The standard InChI is InChI=1S/C18H20NO2/c1-19(20)16-10-12-6-3-4-8-14(12)15-9-5-7-13(18(15)16)11-17(19)21-2/h3-9,16-17,20H,10-11H2,1-2H3/q+1. The van der Waals surface area contributed by atoms with E-state index >= 15 is 0 Å². The van der Waals surface area contributed by atoms with Crippen LogP contribution in [0.5, 0.6) is 0 Å². The molecule has 0 radical (unpaired) electrons. The highest BCUT2D eigenvalue weighted by molar-refractivity contribution is 5.75. The van der Waals surface area contributed by atoms with E-state index in [0.717, 1.165) is 12.8 Å². The minimum atomic E-state index is -0.206. The SMILES string of the molecule is COC1Cc2cccc3c2C(Cc2ccccc2-3)[N+]1(C)O. The highest BCUT2D eigenvalue weighted by atomic mass is 16.6. The van der Waals surface area contributed by atoms with Gasteiger partial charge in [-0.15, -0.1) is 0 Å². The van der Waals surface area contributed by atoms with Crippen LogP contribution in [0.4, 0.5) is 0 Å². The Morgan fingerprint density at radius 1 is 1.00 bits per heavy atom. The van der Waals surface area contributed by atoms with Crippen LogP contribution in [-0.2, 0) is 17.6 Å². The van der Waals surface area contributed by atoms with Gasteiger partial charge in [0.25, 0.3) is 0 Å². The molecule has 2 aliphatic rings. The van der Waals surface area contributed by atoms with Gasteiger partial charge >= 0.3 is 0 Å². The summed E-state index contributed by atoms with van der Waals surface area (Å²) in [6.45, 7) is 0. The first kappa shape index (κ1) is 13.0. The monoisotopic (exact) mass is 282 g/mol. The molecule has 0 spiro atoms.